The average molecular weight is 466 g/mol. The largest absolute Gasteiger partial charge is 0.493 e. The monoisotopic (exact) mass is 465 g/mol. The minimum absolute atomic E-state index is 0.00357. The van der Waals surface area contributed by atoms with Crippen molar-refractivity contribution in [2.24, 2.45) is 10.4 Å². The van der Waals surface area contributed by atoms with Gasteiger partial charge in [0, 0.05) is 18.4 Å². The lowest BCUT2D eigenvalue weighted by atomic mass is 9.70. The molecule has 2 heterocycles. The highest BCUT2D eigenvalue weighted by atomic mass is 16.5. The molecule has 0 saturated carbocycles. The van der Waals surface area contributed by atoms with Crippen LogP contribution in [0.1, 0.15) is 38.2 Å². The second-order valence-electron chi connectivity index (χ2n) is 10.00. The minimum Gasteiger partial charge on any atom is -0.493 e. The normalized spacial score (nSPS) is 23.0. The number of benzene rings is 1. The van der Waals surface area contributed by atoms with Gasteiger partial charge in [-0.15, -0.1) is 0 Å². The zero-order valence-corrected chi connectivity index (χ0v) is 20.6. The first-order valence-corrected chi connectivity index (χ1v) is 11.7. The van der Waals surface area contributed by atoms with E-state index in [4.69, 9.17) is 14.2 Å². The number of hydrogen-bond acceptors (Lipinski definition) is 6. The van der Waals surface area contributed by atoms with Gasteiger partial charge in [0.05, 0.1) is 59.7 Å². The summed E-state index contributed by atoms with van der Waals surface area (Å²) in [6.45, 7) is 7.96. The summed E-state index contributed by atoms with van der Waals surface area (Å²) < 4.78 is 17.1. The number of Topliss-reactive ketones (excluding diaryl/α,β-unsaturated/α-hetero) is 1. The molecule has 0 unspecified atom stereocenters. The van der Waals surface area contributed by atoms with E-state index in [1.165, 1.54) is 4.90 Å². The van der Waals surface area contributed by atoms with Crippen LogP contribution < -0.4 is 14.4 Å². The molecule has 8 nitrogen and oxygen atoms in total. The van der Waals surface area contributed by atoms with Crippen LogP contribution in [0.5, 0.6) is 11.5 Å². The summed E-state index contributed by atoms with van der Waals surface area (Å²) in [7, 11) is 5.32. The Hall–Kier alpha value is -3.31. The number of nitrogens with one attached hydrogen (secondary N) is 1. The van der Waals surface area contributed by atoms with Crippen LogP contribution in [-0.2, 0) is 9.53 Å². The van der Waals surface area contributed by atoms with Crippen molar-refractivity contribution in [3.63, 3.8) is 0 Å². The molecule has 0 spiro atoms. The van der Waals surface area contributed by atoms with Gasteiger partial charge in [0.2, 0.25) is 5.88 Å². The van der Waals surface area contributed by atoms with Crippen LogP contribution in [0.15, 0.2) is 46.0 Å². The number of likely N-dealkylation sites (N-methyl/N-ethyl adjacent to an activating group) is 1. The zero-order chi connectivity index (χ0) is 24.5. The van der Waals surface area contributed by atoms with Crippen molar-refractivity contribution in [3.05, 3.63) is 46.6 Å². The highest BCUT2D eigenvalue weighted by Gasteiger charge is 2.43. The fraction of sp³-hybridized carbons (Fsp3) is 0.500. The van der Waals surface area contributed by atoms with Crippen LogP contribution in [0.25, 0.3) is 0 Å². The summed E-state index contributed by atoms with van der Waals surface area (Å²) in [5.74, 6) is 1.43. The minimum atomic E-state index is -0.568. The number of allylic oxidation sites excluding steroid dienone is 3. The summed E-state index contributed by atoms with van der Waals surface area (Å²) in [5, 5.41) is 10.2. The van der Waals surface area contributed by atoms with Crippen LogP contribution in [0, 0.1) is 16.7 Å². The second kappa shape index (κ2) is 9.51. The first-order valence-electron chi connectivity index (χ1n) is 11.7. The van der Waals surface area contributed by atoms with Crippen LogP contribution in [0.2, 0.25) is 0 Å². The molecule has 0 aromatic heterocycles. The molecule has 1 saturated heterocycles. The Labute approximate surface area is 201 Å². The second-order valence-corrected chi connectivity index (χ2v) is 10.00. The highest BCUT2D eigenvalue weighted by molar-refractivity contribution is 6.00. The molecule has 8 heteroatoms. The molecule has 180 valence electrons. The summed E-state index contributed by atoms with van der Waals surface area (Å²) in [4.78, 5) is 21.6. The van der Waals surface area contributed by atoms with Crippen molar-refractivity contribution in [2.45, 2.75) is 32.6 Å². The number of rotatable bonds is 5. The van der Waals surface area contributed by atoms with Gasteiger partial charge in [-0.2, -0.15) is 5.26 Å². The number of hydrogen-bond donors (Lipinski definition) is 1. The number of ketones is 1. The third kappa shape index (κ3) is 4.66. The van der Waals surface area contributed by atoms with Crippen LogP contribution >= 0.6 is 0 Å². The maximum absolute atomic E-state index is 13.3. The first kappa shape index (κ1) is 23.8. The summed E-state index contributed by atoms with van der Waals surface area (Å²) in [6.07, 6.45) is 2.78. The smallest absolute Gasteiger partial charge is 0.235 e. The van der Waals surface area contributed by atoms with E-state index < -0.39 is 5.92 Å². The maximum atomic E-state index is 13.3. The Kier molecular flexibility index (Phi) is 6.67. The highest BCUT2D eigenvalue weighted by Crippen LogP contribution is 2.49. The molecule has 2 aliphatic heterocycles. The van der Waals surface area contributed by atoms with Crippen molar-refractivity contribution in [1.82, 2.24) is 4.90 Å². The number of nitrogens with zero attached hydrogens (tertiary/aromatic N) is 3. The molecule has 0 bridgehead atoms. The predicted molar refractivity (Wildman–Crippen MR) is 128 cm³/mol. The van der Waals surface area contributed by atoms with E-state index >= 15 is 0 Å². The topological polar surface area (TPSA) is 88.6 Å². The lowest BCUT2D eigenvalue weighted by Gasteiger charge is -2.37. The molecule has 3 aliphatic rings. The van der Waals surface area contributed by atoms with Gasteiger partial charge >= 0.3 is 0 Å². The maximum Gasteiger partial charge on any atom is 0.235 e. The van der Waals surface area contributed by atoms with Gasteiger partial charge in [-0.3, -0.25) is 4.79 Å². The number of quaternary nitrogens is 1. The van der Waals surface area contributed by atoms with Crippen LogP contribution in [0.3, 0.4) is 0 Å². The fourth-order valence-corrected chi connectivity index (χ4v) is 4.86. The molecule has 1 fully saturated rings. The zero-order valence-electron chi connectivity index (χ0n) is 20.6. The van der Waals surface area contributed by atoms with Gasteiger partial charge in [0.25, 0.3) is 0 Å². The number of ether oxygens (including phenoxy) is 3. The number of piperazine rings is 1. The predicted octanol–water partition coefficient (Wildman–Crippen LogP) is 2.05. The molecular weight excluding hydrogens is 432 g/mol. The van der Waals surface area contributed by atoms with Crippen LogP contribution in [-0.4, -0.2) is 64.5 Å². The molecule has 34 heavy (non-hydrogen) atoms. The lowest BCUT2D eigenvalue weighted by Crippen LogP contribution is -3.11. The van der Waals surface area contributed by atoms with Crippen molar-refractivity contribution in [1.29, 1.82) is 5.26 Å². The van der Waals surface area contributed by atoms with Crippen molar-refractivity contribution in [3.8, 4) is 17.6 Å². The number of methoxy groups -OCH3 is 2. The first-order chi connectivity index (χ1) is 16.3. The van der Waals surface area contributed by atoms with E-state index in [0.717, 1.165) is 31.7 Å². The van der Waals surface area contributed by atoms with Gasteiger partial charge < -0.3 is 24.0 Å². The van der Waals surface area contributed by atoms with Gasteiger partial charge in [-0.05, 0) is 23.1 Å². The Morgan fingerprint density at radius 3 is 2.56 bits per heavy atom. The van der Waals surface area contributed by atoms with E-state index in [-0.39, 0.29) is 17.1 Å². The van der Waals surface area contributed by atoms with Gasteiger partial charge in [0.15, 0.2) is 17.3 Å². The quantitative estimate of drug-likeness (QED) is 0.529. The number of carbonyl (C=O) groups excluding carboxylic acids is 1. The third-order valence-electron chi connectivity index (χ3n) is 6.76. The van der Waals surface area contributed by atoms with Crippen LogP contribution in [0.4, 0.5) is 0 Å². The molecular formula is C26H33N4O4+. The standard InChI is InChI=1S/C26H32N4O4/c1-26(2)13-19(31)24-22(14-26)34-25(28-16-30-10-8-29(3)9-11-30)18(15-27)23(24)17-6-7-20(32-4)21(12-17)33-5/h6-7,12,16,23H,8-11,13-14H2,1-5H3/p+1/t23-/m0/s1. The third-order valence-corrected chi connectivity index (χ3v) is 6.76. The van der Waals surface area contributed by atoms with Crippen molar-refractivity contribution >= 4 is 12.1 Å². The van der Waals surface area contributed by atoms with Gasteiger partial charge in [-0.25, -0.2) is 4.99 Å². The fourth-order valence-electron chi connectivity index (χ4n) is 4.86. The SMILES string of the molecule is COc1ccc([C@H]2C(C#N)=C(N=CN3CC[NH+](C)CC3)OC3=C2C(=O)CC(C)(C)C3)cc1OC. The summed E-state index contributed by atoms with van der Waals surface area (Å²) in [5.41, 5.74) is 1.42. The summed E-state index contributed by atoms with van der Waals surface area (Å²) in [6, 6.07) is 7.79. The number of aliphatic imine (C=N–C) groups is 1. The molecule has 1 aromatic rings. The van der Waals surface area contributed by atoms with Gasteiger partial charge in [0.1, 0.15) is 17.4 Å². The average Bonchev–Trinajstić information content (AvgIpc) is 2.81. The Bertz CT molecular complexity index is 1100. The number of carbonyl (C=O) groups is 1. The molecule has 1 N–H and O–H groups in total. The van der Waals surface area contributed by atoms with Crippen molar-refractivity contribution < 1.29 is 23.9 Å². The molecule has 0 amide bonds. The van der Waals surface area contributed by atoms with E-state index in [0.29, 0.717) is 41.2 Å². The molecule has 4 rings (SSSR count). The van der Waals surface area contributed by atoms with E-state index in [1.807, 2.05) is 12.1 Å². The molecule has 0 radical (unpaired) electrons. The molecule has 1 aromatic carbocycles. The van der Waals surface area contributed by atoms with Gasteiger partial charge in [-0.1, -0.05) is 19.9 Å². The molecule has 1 aliphatic carbocycles. The Balaban J connectivity index is 1.80. The Morgan fingerprint density at radius 1 is 1.21 bits per heavy atom. The van der Waals surface area contributed by atoms with E-state index in [9.17, 15) is 10.1 Å². The van der Waals surface area contributed by atoms with E-state index in [2.05, 4.69) is 36.9 Å². The van der Waals surface area contributed by atoms with Crippen molar-refractivity contribution in [2.75, 3.05) is 47.4 Å². The van der Waals surface area contributed by atoms with E-state index in [1.54, 1.807) is 26.6 Å². The number of nitriles is 1. The lowest BCUT2D eigenvalue weighted by molar-refractivity contribution is -0.883. The summed E-state index contributed by atoms with van der Waals surface area (Å²) >= 11 is 0. The Morgan fingerprint density at radius 2 is 1.91 bits per heavy atom. The molecule has 1 atom stereocenters.